The number of nitrogens with zero attached hydrogens (tertiary/aromatic N) is 4. The van der Waals surface area contributed by atoms with Crippen molar-refractivity contribution in [2.24, 2.45) is 17.3 Å². The van der Waals surface area contributed by atoms with E-state index in [0.717, 1.165) is 51.7 Å². The molecule has 0 aliphatic carbocycles. The third kappa shape index (κ3) is 5.34. The number of pyridine rings is 3. The number of hydrogen-bond acceptors (Lipinski definition) is 5. The van der Waals surface area contributed by atoms with Crippen molar-refractivity contribution in [1.29, 1.82) is 0 Å². The molecule has 0 aromatic carbocycles. The van der Waals surface area contributed by atoms with Gasteiger partial charge in [0.2, 0.25) is 0 Å². The van der Waals surface area contributed by atoms with E-state index in [0.29, 0.717) is 11.8 Å². The quantitative estimate of drug-likeness (QED) is 0.340. The molecule has 2 aliphatic rings. The minimum atomic E-state index is -0.466. The van der Waals surface area contributed by atoms with E-state index in [2.05, 4.69) is 68.6 Å². The Morgan fingerprint density at radius 3 is 2.08 bits per heavy atom. The van der Waals surface area contributed by atoms with Gasteiger partial charge in [-0.25, -0.2) is 0 Å². The van der Waals surface area contributed by atoms with Crippen molar-refractivity contribution in [1.82, 2.24) is 25.2 Å². The number of hydrogen-bond donors (Lipinski definition) is 1. The van der Waals surface area contributed by atoms with Gasteiger partial charge in [-0.2, -0.15) is 0 Å². The second-order valence-electron chi connectivity index (χ2n) is 10.8. The zero-order valence-corrected chi connectivity index (χ0v) is 22.1. The molecule has 5 rings (SSSR count). The molecule has 2 atom stereocenters. The molecule has 0 bridgehead atoms. The molecule has 5 nitrogen and oxygen atoms in total. The van der Waals surface area contributed by atoms with Gasteiger partial charge in [0, 0.05) is 42.6 Å². The predicted molar refractivity (Wildman–Crippen MR) is 146 cm³/mol. The standard InChI is InChI=1S/C30H38ClN5/c1-36-18-10-28(19-27-3-2-11-35-23-27)29(20-24-4-12-32-13-5-24,21-25-6-14-33-15-7-25)30(36,31)22-26-8-16-34-17-9-26/h2-7,11-15,23,26,28,34H,8-10,16-22H2,1H3. The second-order valence-corrected chi connectivity index (χ2v) is 11.5. The Kier molecular flexibility index (Phi) is 8.00. The van der Waals surface area contributed by atoms with Crippen LogP contribution < -0.4 is 5.32 Å². The van der Waals surface area contributed by atoms with Gasteiger partial charge in [0.15, 0.2) is 0 Å². The molecule has 1 N–H and O–H groups in total. The summed E-state index contributed by atoms with van der Waals surface area (Å²) in [6.07, 6.45) is 18.9. The van der Waals surface area contributed by atoms with Gasteiger partial charge in [0.1, 0.15) is 5.00 Å². The first kappa shape index (κ1) is 25.3. The summed E-state index contributed by atoms with van der Waals surface area (Å²) in [6, 6.07) is 13.0. The summed E-state index contributed by atoms with van der Waals surface area (Å²) in [6.45, 7) is 3.18. The Balaban J connectivity index is 1.63. The molecule has 3 aromatic heterocycles. The molecule has 0 amide bonds. The van der Waals surface area contributed by atoms with Gasteiger partial charge < -0.3 is 5.32 Å². The Hall–Kier alpha value is -2.34. The van der Waals surface area contributed by atoms with Gasteiger partial charge in [0.05, 0.1) is 0 Å². The first-order valence-electron chi connectivity index (χ1n) is 13.4. The summed E-state index contributed by atoms with van der Waals surface area (Å²) in [5.74, 6) is 1.04. The molecule has 5 heterocycles. The van der Waals surface area contributed by atoms with E-state index in [9.17, 15) is 0 Å². The Bertz CT molecular complexity index is 1030. The lowest BCUT2D eigenvalue weighted by Crippen LogP contribution is -2.65. The molecule has 190 valence electrons. The molecular weight excluding hydrogens is 466 g/mol. The smallest absolute Gasteiger partial charge is 0.103 e. The summed E-state index contributed by atoms with van der Waals surface area (Å²) >= 11 is 8.10. The largest absolute Gasteiger partial charge is 0.317 e. The van der Waals surface area contributed by atoms with Crippen molar-refractivity contribution in [3.8, 4) is 0 Å². The van der Waals surface area contributed by atoms with Crippen LogP contribution in [0.2, 0.25) is 0 Å². The van der Waals surface area contributed by atoms with E-state index in [1.54, 1.807) is 0 Å². The van der Waals surface area contributed by atoms with Gasteiger partial charge in [-0.1, -0.05) is 6.07 Å². The molecule has 2 fully saturated rings. The maximum absolute atomic E-state index is 8.10. The van der Waals surface area contributed by atoms with Gasteiger partial charge in [-0.05, 0) is 130 Å². The number of nitrogens with one attached hydrogen (secondary N) is 1. The van der Waals surface area contributed by atoms with Crippen LogP contribution in [0.4, 0.5) is 0 Å². The van der Waals surface area contributed by atoms with Crippen LogP contribution in [0, 0.1) is 17.3 Å². The van der Waals surface area contributed by atoms with Crippen LogP contribution >= 0.6 is 11.6 Å². The van der Waals surface area contributed by atoms with E-state index in [-0.39, 0.29) is 5.41 Å². The lowest BCUT2D eigenvalue weighted by Gasteiger charge is -2.60. The van der Waals surface area contributed by atoms with Gasteiger partial charge in [0.25, 0.3) is 0 Å². The molecule has 6 heteroatoms. The first-order chi connectivity index (χ1) is 17.6. The number of likely N-dealkylation sites (tertiary alicyclic amines) is 1. The SMILES string of the molecule is CN1CCC(Cc2cccnc2)C(Cc2ccncc2)(Cc2ccncc2)C1(Cl)CC1CCNCC1. The molecule has 0 radical (unpaired) electrons. The molecule has 36 heavy (non-hydrogen) atoms. The Morgan fingerprint density at radius 1 is 0.861 bits per heavy atom. The molecule has 3 aromatic rings. The van der Waals surface area contributed by atoms with Crippen LogP contribution in [0.25, 0.3) is 0 Å². The maximum atomic E-state index is 8.10. The van der Waals surface area contributed by atoms with E-state index in [4.69, 9.17) is 11.6 Å². The zero-order valence-electron chi connectivity index (χ0n) is 21.3. The molecule has 2 unspecified atom stereocenters. The Labute approximate surface area is 220 Å². The first-order valence-corrected chi connectivity index (χ1v) is 13.7. The Morgan fingerprint density at radius 2 is 1.50 bits per heavy atom. The lowest BCUT2D eigenvalue weighted by atomic mass is 9.56. The van der Waals surface area contributed by atoms with Crippen molar-refractivity contribution in [2.75, 3.05) is 26.7 Å². The summed E-state index contributed by atoms with van der Waals surface area (Å²) in [4.78, 5) is 15.1. The highest BCUT2D eigenvalue weighted by Crippen LogP contribution is 2.57. The summed E-state index contributed by atoms with van der Waals surface area (Å²) in [5.41, 5.74) is 3.73. The number of rotatable bonds is 8. The zero-order chi connectivity index (χ0) is 24.8. The number of piperidine rings is 2. The van der Waals surface area contributed by atoms with Crippen molar-refractivity contribution in [3.63, 3.8) is 0 Å². The van der Waals surface area contributed by atoms with Crippen LogP contribution in [0.15, 0.2) is 73.6 Å². The van der Waals surface area contributed by atoms with Crippen LogP contribution in [0.3, 0.4) is 0 Å². The van der Waals surface area contributed by atoms with Gasteiger partial charge >= 0.3 is 0 Å². The topological polar surface area (TPSA) is 53.9 Å². The van der Waals surface area contributed by atoms with Gasteiger partial charge in [-0.3, -0.25) is 19.9 Å². The molecule has 2 aliphatic heterocycles. The minimum Gasteiger partial charge on any atom is -0.317 e. The third-order valence-corrected chi connectivity index (χ3v) is 9.54. The van der Waals surface area contributed by atoms with Crippen LogP contribution in [-0.2, 0) is 19.3 Å². The summed E-state index contributed by atoms with van der Waals surface area (Å²) in [7, 11) is 2.25. The van der Waals surface area contributed by atoms with Crippen molar-refractivity contribution in [2.45, 2.75) is 49.9 Å². The highest BCUT2D eigenvalue weighted by Gasteiger charge is 2.59. The van der Waals surface area contributed by atoms with Crippen molar-refractivity contribution in [3.05, 3.63) is 90.3 Å². The lowest BCUT2D eigenvalue weighted by molar-refractivity contribution is -0.0657. The van der Waals surface area contributed by atoms with E-state index in [1.165, 1.54) is 29.5 Å². The van der Waals surface area contributed by atoms with E-state index >= 15 is 0 Å². The summed E-state index contributed by atoms with van der Waals surface area (Å²) < 4.78 is 0. The monoisotopic (exact) mass is 503 g/mol. The third-order valence-electron chi connectivity index (χ3n) is 8.72. The minimum absolute atomic E-state index is 0.176. The van der Waals surface area contributed by atoms with E-state index in [1.807, 2.05) is 37.2 Å². The van der Waals surface area contributed by atoms with Crippen molar-refractivity contribution < 1.29 is 0 Å². The second kappa shape index (κ2) is 11.4. The molecule has 0 saturated carbocycles. The fraction of sp³-hybridized carbons (Fsp3) is 0.500. The maximum Gasteiger partial charge on any atom is 0.103 e. The van der Waals surface area contributed by atoms with Crippen LogP contribution in [-0.4, -0.2) is 51.5 Å². The highest BCUT2D eigenvalue weighted by molar-refractivity contribution is 6.24. The fourth-order valence-corrected chi connectivity index (χ4v) is 7.37. The average molecular weight is 504 g/mol. The normalized spacial score (nSPS) is 25.0. The highest BCUT2D eigenvalue weighted by atomic mass is 35.5. The number of aromatic nitrogens is 3. The number of alkyl halides is 1. The van der Waals surface area contributed by atoms with Crippen LogP contribution in [0.1, 0.15) is 42.4 Å². The molecular formula is C30H38ClN5. The average Bonchev–Trinajstić information content (AvgIpc) is 2.92. The van der Waals surface area contributed by atoms with E-state index < -0.39 is 5.00 Å². The van der Waals surface area contributed by atoms with Gasteiger partial charge in [-0.15, -0.1) is 11.6 Å². The van der Waals surface area contributed by atoms with Crippen molar-refractivity contribution >= 4 is 11.6 Å². The number of halogens is 1. The predicted octanol–water partition coefficient (Wildman–Crippen LogP) is 5.16. The van der Waals surface area contributed by atoms with Crippen LogP contribution in [0.5, 0.6) is 0 Å². The molecule has 0 spiro atoms. The summed E-state index contributed by atoms with van der Waals surface area (Å²) in [5, 5.41) is 3.54. The molecule has 2 saturated heterocycles. The fourth-order valence-electron chi connectivity index (χ4n) is 6.78.